The highest BCUT2D eigenvalue weighted by molar-refractivity contribution is 7.92. The van der Waals surface area contributed by atoms with Crippen molar-refractivity contribution >= 4 is 15.7 Å². The lowest BCUT2D eigenvalue weighted by atomic mass is 10.1. The van der Waals surface area contributed by atoms with Gasteiger partial charge in [-0.2, -0.15) is 0 Å². The van der Waals surface area contributed by atoms with Crippen LogP contribution in [0.15, 0.2) is 59.6 Å². The molecule has 3 N–H and O–H groups in total. The standard InChI is InChI=1S/C19H19N3O3S/c1-12(2)26(24,25)16-8-6-13(7-9-16)17-11-21-19(20)18(22-17)14-4-3-5-15(23)10-14/h3-12,23H,1-2H3,(H2,20,21). The lowest BCUT2D eigenvalue weighted by Gasteiger charge is -2.10. The first-order valence-corrected chi connectivity index (χ1v) is 9.60. The lowest BCUT2D eigenvalue weighted by Crippen LogP contribution is -2.13. The van der Waals surface area contributed by atoms with Gasteiger partial charge in [-0.3, -0.25) is 0 Å². The number of rotatable bonds is 4. The van der Waals surface area contributed by atoms with Gasteiger partial charge in [0.05, 0.1) is 22.0 Å². The molecule has 2 aromatic carbocycles. The van der Waals surface area contributed by atoms with Crippen LogP contribution in [-0.4, -0.2) is 28.7 Å². The summed E-state index contributed by atoms with van der Waals surface area (Å²) in [7, 11) is -3.32. The molecule has 0 saturated carbocycles. The number of nitrogen functional groups attached to an aromatic ring is 1. The molecule has 6 nitrogen and oxygen atoms in total. The Balaban J connectivity index is 2.02. The summed E-state index contributed by atoms with van der Waals surface area (Å²) in [4.78, 5) is 8.98. The van der Waals surface area contributed by atoms with Crippen LogP contribution in [0.1, 0.15) is 13.8 Å². The molecule has 0 atom stereocenters. The Morgan fingerprint density at radius 2 is 1.73 bits per heavy atom. The van der Waals surface area contributed by atoms with Crippen LogP contribution in [-0.2, 0) is 9.84 Å². The molecule has 134 valence electrons. The topological polar surface area (TPSA) is 106 Å². The van der Waals surface area contributed by atoms with Crippen LogP contribution < -0.4 is 5.73 Å². The Morgan fingerprint density at radius 1 is 1.04 bits per heavy atom. The largest absolute Gasteiger partial charge is 0.508 e. The van der Waals surface area contributed by atoms with Crippen LogP contribution >= 0.6 is 0 Å². The Bertz CT molecular complexity index is 1050. The van der Waals surface area contributed by atoms with E-state index in [1.807, 2.05) is 0 Å². The van der Waals surface area contributed by atoms with E-state index in [-0.39, 0.29) is 16.5 Å². The second kappa shape index (κ2) is 6.76. The molecule has 0 bridgehead atoms. The van der Waals surface area contributed by atoms with Crippen molar-refractivity contribution in [3.63, 3.8) is 0 Å². The van der Waals surface area contributed by atoms with E-state index in [4.69, 9.17) is 5.73 Å². The van der Waals surface area contributed by atoms with Crippen LogP contribution in [0.2, 0.25) is 0 Å². The minimum Gasteiger partial charge on any atom is -0.508 e. The number of aromatic nitrogens is 2. The average molecular weight is 369 g/mol. The molecule has 0 saturated heterocycles. The van der Waals surface area contributed by atoms with Crippen molar-refractivity contribution in [3.8, 4) is 28.3 Å². The summed E-state index contributed by atoms with van der Waals surface area (Å²) >= 11 is 0. The number of phenolic OH excluding ortho intramolecular Hbond substituents is 1. The minimum atomic E-state index is -3.32. The van der Waals surface area contributed by atoms with Crippen molar-refractivity contribution in [1.82, 2.24) is 9.97 Å². The molecule has 1 heterocycles. The Kier molecular flexibility index (Phi) is 4.65. The zero-order chi connectivity index (χ0) is 18.9. The predicted octanol–water partition coefficient (Wildman–Crippen LogP) is 3.28. The second-order valence-electron chi connectivity index (χ2n) is 6.16. The van der Waals surface area contributed by atoms with E-state index in [9.17, 15) is 13.5 Å². The summed E-state index contributed by atoms with van der Waals surface area (Å²) < 4.78 is 24.5. The summed E-state index contributed by atoms with van der Waals surface area (Å²) in [6.07, 6.45) is 1.54. The van der Waals surface area contributed by atoms with E-state index in [0.29, 0.717) is 17.0 Å². The molecule has 0 aliphatic carbocycles. The van der Waals surface area contributed by atoms with Crippen LogP contribution in [0.4, 0.5) is 5.82 Å². The molecule has 1 aromatic heterocycles. The summed E-state index contributed by atoms with van der Waals surface area (Å²) in [6, 6.07) is 13.1. The van der Waals surface area contributed by atoms with Gasteiger partial charge in [0, 0.05) is 11.1 Å². The SMILES string of the molecule is CC(C)S(=O)(=O)c1ccc(-c2cnc(N)c(-c3cccc(O)c3)n2)cc1. The van der Waals surface area contributed by atoms with Gasteiger partial charge in [-0.25, -0.2) is 18.4 Å². The maximum atomic E-state index is 12.2. The fourth-order valence-corrected chi connectivity index (χ4v) is 3.55. The van der Waals surface area contributed by atoms with Crippen LogP contribution in [0.25, 0.3) is 22.5 Å². The number of anilines is 1. The van der Waals surface area contributed by atoms with Crippen molar-refractivity contribution in [2.75, 3.05) is 5.73 Å². The third-order valence-electron chi connectivity index (χ3n) is 4.02. The van der Waals surface area contributed by atoms with Gasteiger partial charge in [0.15, 0.2) is 9.84 Å². The number of aromatic hydroxyl groups is 1. The van der Waals surface area contributed by atoms with Gasteiger partial charge in [-0.15, -0.1) is 0 Å². The van der Waals surface area contributed by atoms with Gasteiger partial charge in [0.1, 0.15) is 17.3 Å². The normalized spacial score (nSPS) is 11.7. The summed E-state index contributed by atoms with van der Waals surface area (Å²) in [5.41, 5.74) is 8.32. The van der Waals surface area contributed by atoms with Gasteiger partial charge >= 0.3 is 0 Å². The smallest absolute Gasteiger partial charge is 0.180 e. The number of nitrogens with two attached hydrogens (primary N) is 1. The highest BCUT2D eigenvalue weighted by atomic mass is 32.2. The van der Waals surface area contributed by atoms with Gasteiger partial charge in [0.2, 0.25) is 0 Å². The van der Waals surface area contributed by atoms with E-state index in [2.05, 4.69) is 9.97 Å². The van der Waals surface area contributed by atoms with E-state index in [1.165, 1.54) is 6.20 Å². The Labute approximate surface area is 152 Å². The van der Waals surface area contributed by atoms with E-state index < -0.39 is 15.1 Å². The first-order chi connectivity index (χ1) is 12.3. The van der Waals surface area contributed by atoms with Gasteiger partial charge in [-0.05, 0) is 38.1 Å². The summed E-state index contributed by atoms with van der Waals surface area (Å²) in [6.45, 7) is 3.30. The second-order valence-corrected chi connectivity index (χ2v) is 8.66. The molecule has 3 aromatic rings. The van der Waals surface area contributed by atoms with Crippen molar-refractivity contribution in [3.05, 3.63) is 54.7 Å². The number of phenols is 1. The van der Waals surface area contributed by atoms with Crippen LogP contribution in [0.3, 0.4) is 0 Å². The molecule has 7 heteroatoms. The zero-order valence-electron chi connectivity index (χ0n) is 14.4. The number of hydrogen-bond acceptors (Lipinski definition) is 6. The lowest BCUT2D eigenvalue weighted by molar-refractivity contribution is 0.475. The molecule has 3 rings (SSSR count). The molecule has 0 aliphatic heterocycles. The molecule has 26 heavy (non-hydrogen) atoms. The third-order valence-corrected chi connectivity index (χ3v) is 6.19. The maximum absolute atomic E-state index is 12.2. The number of hydrogen-bond donors (Lipinski definition) is 2. The van der Waals surface area contributed by atoms with Crippen molar-refractivity contribution in [1.29, 1.82) is 0 Å². The Morgan fingerprint density at radius 3 is 2.35 bits per heavy atom. The van der Waals surface area contributed by atoms with Crippen LogP contribution in [0, 0.1) is 0 Å². The quantitative estimate of drug-likeness (QED) is 0.731. The van der Waals surface area contributed by atoms with Gasteiger partial charge in [0.25, 0.3) is 0 Å². The summed E-state index contributed by atoms with van der Waals surface area (Å²) in [5, 5.41) is 9.17. The summed E-state index contributed by atoms with van der Waals surface area (Å²) in [5.74, 6) is 0.357. The molecule has 0 fully saturated rings. The van der Waals surface area contributed by atoms with Gasteiger partial charge < -0.3 is 10.8 Å². The fourth-order valence-electron chi connectivity index (χ4n) is 2.49. The molecule has 0 aliphatic rings. The number of benzene rings is 2. The molecular weight excluding hydrogens is 350 g/mol. The van der Waals surface area contributed by atoms with E-state index in [1.54, 1.807) is 62.4 Å². The highest BCUT2D eigenvalue weighted by Gasteiger charge is 2.19. The van der Waals surface area contributed by atoms with Crippen LogP contribution in [0.5, 0.6) is 5.75 Å². The van der Waals surface area contributed by atoms with E-state index >= 15 is 0 Å². The highest BCUT2D eigenvalue weighted by Crippen LogP contribution is 2.28. The molecule has 0 unspecified atom stereocenters. The average Bonchev–Trinajstić information content (AvgIpc) is 2.62. The van der Waals surface area contributed by atoms with Crippen molar-refractivity contribution in [2.24, 2.45) is 0 Å². The zero-order valence-corrected chi connectivity index (χ0v) is 15.2. The minimum absolute atomic E-state index is 0.109. The third kappa shape index (κ3) is 3.39. The van der Waals surface area contributed by atoms with Crippen molar-refractivity contribution in [2.45, 2.75) is 24.0 Å². The number of sulfone groups is 1. The first-order valence-electron chi connectivity index (χ1n) is 8.05. The van der Waals surface area contributed by atoms with E-state index in [0.717, 1.165) is 5.56 Å². The monoisotopic (exact) mass is 369 g/mol. The molecule has 0 spiro atoms. The molecule has 0 radical (unpaired) electrons. The molecule has 0 amide bonds. The molecular formula is C19H19N3O3S. The fraction of sp³-hybridized carbons (Fsp3) is 0.158. The Hall–Kier alpha value is -2.93. The first kappa shape index (κ1) is 17.9. The van der Waals surface area contributed by atoms with Gasteiger partial charge in [-0.1, -0.05) is 24.3 Å². The van der Waals surface area contributed by atoms with Crippen molar-refractivity contribution < 1.29 is 13.5 Å². The maximum Gasteiger partial charge on any atom is 0.180 e. The predicted molar refractivity (Wildman–Crippen MR) is 101 cm³/mol. The number of nitrogens with zero attached hydrogens (tertiary/aromatic N) is 2.